The molecule has 2 N–H and O–H groups in total. The zero-order valence-electron chi connectivity index (χ0n) is 14.8. The van der Waals surface area contributed by atoms with Gasteiger partial charge in [-0.3, -0.25) is 4.79 Å². The van der Waals surface area contributed by atoms with E-state index >= 15 is 0 Å². The highest BCUT2D eigenvalue weighted by Gasteiger charge is 2.23. The van der Waals surface area contributed by atoms with Crippen LogP contribution in [0.3, 0.4) is 0 Å². The number of aliphatic imine (C=N–C) groups is 1. The number of likely N-dealkylation sites (tertiary alicyclic amines) is 1. The Morgan fingerprint density at radius 3 is 2.72 bits per heavy atom. The van der Waals surface area contributed by atoms with Gasteiger partial charge in [-0.2, -0.15) is 0 Å². The maximum absolute atomic E-state index is 11.5. The topological polar surface area (TPSA) is 56.7 Å². The van der Waals surface area contributed by atoms with Crippen LogP contribution in [0.2, 0.25) is 5.02 Å². The lowest BCUT2D eigenvalue weighted by Gasteiger charge is -2.34. The van der Waals surface area contributed by atoms with Gasteiger partial charge in [-0.1, -0.05) is 33.6 Å². The van der Waals surface area contributed by atoms with Gasteiger partial charge in [0.05, 0.1) is 6.54 Å². The summed E-state index contributed by atoms with van der Waals surface area (Å²) >= 11 is 9.71. The van der Waals surface area contributed by atoms with Crippen molar-refractivity contribution < 1.29 is 4.79 Å². The molecule has 0 unspecified atom stereocenters. The number of nitrogens with one attached hydrogen (secondary N) is 2. The normalized spacial score (nSPS) is 16.0. The van der Waals surface area contributed by atoms with Crippen molar-refractivity contribution in [3.8, 4) is 0 Å². The van der Waals surface area contributed by atoms with Gasteiger partial charge in [0.25, 0.3) is 0 Å². The molecule has 0 bridgehead atoms. The summed E-state index contributed by atoms with van der Waals surface area (Å²) in [5.41, 5.74) is 1.01. The number of benzene rings is 1. The molecule has 5 nitrogen and oxygen atoms in total. The van der Waals surface area contributed by atoms with Crippen LogP contribution in [-0.4, -0.2) is 43.4 Å². The number of amides is 1. The molecule has 25 heavy (non-hydrogen) atoms. The van der Waals surface area contributed by atoms with E-state index in [1.165, 1.54) is 0 Å². The second-order valence-electron chi connectivity index (χ2n) is 6.21. The first-order valence-electron chi connectivity index (χ1n) is 8.71. The van der Waals surface area contributed by atoms with Gasteiger partial charge in [-0.05, 0) is 43.4 Å². The second-order valence-corrected chi connectivity index (χ2v) is 7.54. The van der Waals surface area contributed by atoms with Gasteiger partial charge >= 0.3 is 0 Å². The number of halogens is 2. The first-order chi connectivity index (χ1) is 12.0. The fourth-order valence-electron chi connectivity index (χ4n) is 2.95. The minimum Gasteiger partial charge on any atom is -0.359 e. The third kappa shape index (κ3) is 6.19. The van der Waals surface area contributed by atoms with E-state index in [4.69, 9.17) is 16.6 Å². The molecule has 1 fully saturated rings. The lowest BCUT2D eigenvalue weighted by molar-refractivity contribution is -0.121. The standard InChI is InChI=1S/C18H26BrClN4O/c1-3-22-18(23-12-14-4-5-15(19)11-16(14)20)24-8-6-13(7-9-24)10-17(25)21-2/h4-5,11,13H,3,6-10,12H2,1-2H3,(H,21,25)(H,22,23). The fourth-order valence-corrected chi connectivity index (χ4v) is 3.68. The van der Waals surface area contributed by atoms with E-state index in [9.17, 15) is 4.79 Å². The summed E-state index contributed by atoms with van der Waals surface area (Å²) in [5.74, 6) is 1.50. The molecule has 1 aliphatic rings. The van der Waals surface area contributed by atoms with E-state index in [0.29, 0.717) is 18.9 Å². The van der Waals surface area contributed by atoms with Crippen LogP contribution < -0.4 is 10.6 Å². The molecule has 1 saturated heterocycles. The van der Waals surface area contributed by atoms with Crippen molar-refractivity contribution >= 4 is 39.4 Å². The molecule has 0 saturated carbocycles. The van der Waals surface area contributed by atoms with Gasteiger partial charge in [-0.25, -0.2) is 4.99 Å². The van der Waals surface area contributed by atoms with Crippen LogP contribution in [0.1, 0.15) is 31.7 Å². The lowest BCUT2D eigenvalue weighted by atomic mass is 9.93. The quantitative estimate of drug-likeness (QED) is 0.557. The van der Waals surface area contributed by atoms with Gasteiger partial charge in [-0.15, -0.1) is 0 Å². The highest BCUT2D eigenvalue weighted by Crippen LogP contribution is 2.23. The maximum Gasteiger partial charge on any atom is 0.220 e. The molecule has 0 spiro atoms. The number of carbonyl (C=O) groups excluding carboxylic acids is 1. The van der Waals surface area contributed by atoms with Crippen molar-refractivity contribution in [3.05, 3.63) is 33.3 Å². The Morgan fingerprint density at radius 1 is 1.40 bits per heavy atom. The highest BCUT2D eigenvalue weighted by molar-refractivity contribution is 9.10. The van der Waals surface area contributed by atoms with E-state index in [-0.39, 0.29) is 5.91 Å². The third-order valence-electron chi connectivity index (χ3n) is 4.42. The summed E-state index contributed by atoms with van der Waals surface area (Å²) < 4.78 is 0.968. The van der Waals surface area contributed by atoms with E-state index in [1.54, 1.807) is 7.05 Å². The number of piperidine rings is 1. The van der Waals surface area contributed by atoms with Crippen LogP contribution in [0.25, 0.3) is 0 Å². The Balaban J connectivity index is 1.97. The Morgan fingerprint density at radius 2 is 2.12 bits per heavy atom. The molecule has 1 aromatic rings. The third-order valence-corrected chi connectivity index (χ3v) is 5.26. The number of hydrogen-bond acceptors (Lipinski definition) is 2. The molecule has 1 amide bonds. The molecule has 0 aliphatic carbocycles. The zero-order valence-corrected chi connectivity index (χ0v) is 17.2. The van der Waals surface area contributed by atoms with Crippen LogP contribution in [0.15, 0.2) is 27.7 Å². The minimum atomic E-state index is 0.129. The smallest absolute Gasteiger partial charge is 0.220 e. The number of rotatable bonds is 5. The molecule has 0 atom stereocenters. The average molecular weight is 430 g/mol. The Labute approximate surface area is 163 Å². The highest BCUT2D eigenvalue weighted by atomic mass is 79.9. The van der Waals surface area contributed by atoms with E-state index in [1.807, 2.05) is 18.2 Å². The minimum absolute atomic E-state index is 0.129. The number of hydrogen-bond donors (Lipinski definition) is 2. The molecular formula is C18H26BrClN4O. The molecular weight excluding hydrogens is 404 g/mol. The first-order valence-corrected chi connectivity index (χ1v) is 9.88. The molecule has 1 aromatic carbocycles. The van der Waals surface area contributed by atoms with E-state index in [2.05, 4.69) is 38.4 Å². The summed E-state index contributed by atoms with van der Waals surface area (Å²) in [6.45, 7) is 5.28. The van der Waals surface area contributed by atoms with Crippen molar-refractivity contribution in [2.24, 2.45) is 10.9 Å². The van der Waals surface area contributed by atoms with Crippen LogP contribution in [0.5, 0.6) is 0 Å². The van der Waals surface area contributed by atoms with Crippen LogP contribution in [0, 0.1) is 5.92 Å². The summed E-state index contributed by atoms with van der Waals surface area (Å²) in [4.78, 5) is 18.6. The van der Waals surface area contributed by atoms with Gasteiger partial charge < -0.3 is 15.5 Å². The summed E-state index contributed by atoms with van der Waals surface area (Å²) in [6.07, 6.45) is 2.64. The Bertz CT molecular complexity index is 615. The van der Waals surface area contributed by atoms with Crippen molar-refractivity contribution in [1.82, 2.24) is 15.5 Å². The molecule has 138 valence electrons. The fraction of sp³-hybridized carbons (Fsp3) is 0.556. The SMILES string of the molecule is CCNC(=NCc1ccc(Br)cc1Cl)N1CCC(CC(=O)NC)CC1. The Kier molecular flexibility index (Phi) is 8.03. The molecule has 1 aliphatic heterocycles. The predicted molar refractivity (Wildman–Crippen MR) is 107 cm³/mol. The van der Waals surface area contributed by atoms with Crippen LogP contribution >= 0.6 is 27.5 Å². The van der Waals surface area contributed by atoms with Gasteiger partial charge in [0.1, 0.15) is 0 Å². The van der Waals surface area contributed by atoms with Crippen LogP contribution in [-0.2, 0) is 11.3 Å². The average Bonchev–Trinajstić information content (AvgIpc) is 2.60. The largest absolute Gasteiger partial charge is 0.359 e. The van der Waals surface area contributed by atoms with Crippen molar-refractivity contribution in [2.45, 2.75) is 32.7 Å². The van der Waals surface area contributed by atoms with Gasteiger partial charge in [0, 0.05) is 42.6 Å². The van der Waals surface area contributed by atoms with Crippen molar-refractivity contribution in [1.29, 1.82) is 0 Å². The molecule has 2 rings (SSSR count). The number of carbonyl (C=O) groups is 1. The van der Waals surface area contributed by atoms with Gasteiger partial charge in [0.15, 0.2) is 5.96 Å². The van der Waals surface area contributed by atoms with Crippen molar-refractivity contribution in [3.63, 3.8) is 0 Å². The van der Waals surface area contributed by atoms with Crippen LogP contribution in [0.4, 0.5) is 0 Å². The summed E-state index contributed by atoms with van der Waals surface area (Å²) in [6, 6.07) is 5.87. The summed E-state index contributed by atoms with van der Waals surface area (Å²) in [5, 5.41) is 6.79. The zero-order chi connectivity index (χ0) is 18.2. The first kappa shape index (κ1) is 20.0. The predicted octanol–water partition coefficient (Wildman–Crippen LogP) is 3.42. The van der Waals surface area contributed by atoms with E-state index in [0.717, 1.165) is 53.5 Å². The maximum atomic E-state index is 11.5. The summed E-state index contributed by atoms with van der Waals surface area (Å²) in [7, 11) is 1.70. The second kappa shape index (κ2) is 10.0. The van der Waals surface area contributed by atoms with E-state index < -0.39 is 0 Å². The number of nitrogens with zero attached hydrogens (tertiary/aromatic N) is 2. The van der Waals surface area contributed by atoms with Crippen molar-refractivity contribution in [2.75, 3.05) is 26.7 Å². The number of guanidine groups is 1. The monoisotopic (exact) mass is 428 g/mol. The lowest BCUT2D eigenvalue weighted by Crippen LogP contribution is -2.46. The molecule has 0 radical (unpaired) electrons. The molecule has 1 heterocycles. The molecule has 7 heteroatoms. The van der Waals surface area contributed by atoms with Gasteiger partial charge in [0.2, 0.25) is 5.91 Å². The molecule has 0 aromatic heterocycles. The Hall–Kier alpha value is -1.27.